The second-order valence-electron chi connectivity index (χ2n) is 5.45. The van der Waals surface area contributed by atoms with Crippen molar-refractivity contribution in [2.24, 2.45) is 5.92 Å². The monoisotopic (exact) mass is 287 g/mol. The lowest BCUT2D eigenvalue weighted by Gasteiger charge is -2.17. The summed E-state index contributed by atoms with van der Waals surface area (Å²) in [5.41, 5.74) is 2.39. The zero-order valence-electron chi connectivity index (χ0n) is 11.6. The zero-order chi connectivity index (χ0) is 13.9. The lowest BCUT2D eigenvalue weighted by molar-refractivity contribution is 0.586. The molecule has 1 fully saturated rings. The molecule has 0 radical (unpaired) electrons. The van der Waals surface area contributed by atoms with Crippen LogP contribution in [0.25, 0.3) is 0 Å². The first kappa shape index (κ1) is 13.4. The number of halogens is 1. The third kappa shape index (κ3) is 3.10. The van der Waals surface area contributed by atoms with Gasteiger partial charge in [-0.3, -0.25) is 0 Å². The third-order valence-corrected chi connectivity index (χ3v) is 4.09. The minimum atomic E-state index is 0.687. The first-order valence-electron chi connectivity index (χ1n) is 6.99. The Morgan fingerprint density at radius 3 is 2.80 bits per heavy atom. The SMILES string of the molecule is Cc1cc(N2CCC(Cc3ccc(Cl)cc3)C2)ncn1. The van der Waals surface area contributed by atoms with Crippen LogP contribution < -0.4 is 4.90 Å². The molecule has 0 bridgehead atoms. The summed E-state index contributed by atoms with van der Waals surface area (Å²) < 4.78 is 0. The Balaban J connectivity index is 1.63. The van der Waals surface area contributed by atoms with Gasteiger partial charge in [-0.1, -0.05) is 23.7 Å². The molecular formula is C16H18ClN3. The standard InChI is InChI=1S/C16H18ClN3/c1-12-8-16(19-11-18-12)20-7-6-14(10-20)9-13-2-4-15(17)5-3-13/h2-5,8,11,14H,6-7,9-10H2,1H3. The first-order valence-corrected chi connectivity index (χ1v) is 7.36. The lowest BCUT2D eigenvalue weighted by Crippen LogP contribution is -2.21. The molecule has 1 aromatic carbocycles. The van der Waals surface area contributed by atoms with Crippen LogP contribution in [0.4, 0.5) is 5.82 Å². The van der Waals surface area contributed by atoms with E-state index < -0.39 is 0 Å². The highest BCUT2D eigenvalue weighted by molar-refractivity contribution is 6.30. The van der Waals surface area contributed by atoms with Crippen molar-refractivity contribution in [1.29, 1.82) is 0 Å². The minimum Gasteiger partial charge on any atom is -0.356 e. The van der Waals surface area contributed by atoms with E-state index in [2.05, 4.69) is 33.1 Å². The van der Waals surface area contributed by atoms with E-state index in [1.165, 1.54) is 12.0 Å². The van der Waals surface area contributed by atoms with E-state index in [1.807, 2.05) is 19.1 Å². The minimum absolute atomic E-state index is 0.687. The summed E-state index contributed by atoms with van der Waals surface area (Å²) in [6.45, 7) is 4.15. The van der Waals surface area contributed by atoms with E-state index >= 15 is 0 Å². The van der Waals surface area contributed by atoms with Crippen molar-refractivity contribution in [2.45, 2.75) is 19.8 Å². The van der Waals surface area contributed by atoms with Crippen molar-refractivity contribution >= 4 is 17.4 Å². The number of anilines is 1. The summed E-state index contributed by atoms with van der Waals surface area (Å²) in [6.07, 6.45) is 3.97. The molecule has 0 saturated carbocycles. The molecule has 4 heteroatoms. The van der Waals surface area contributed by atoms with Crippen LogP contribution in [-0.4, -0.2) is 23.1 Å². The smallest absolute Gasteiger partial charge is 0.132 e. The van der Waals surface area contributed by atoms with Crippen LogP contribution in [0.5, 0.6) is 0 Å². The third-order valence-electron chi connectivity index (χ3n) is 3.84. The van der Waals surface area contributed by atoms with Gasteiger partial charge in [-0.25, -0.2) is 9.97 Å². The average molecular weight is 288 g/mol. The predicted molar refractivity (Wildman–Crippen MR) is 82.2 cm³/mol. The normalized spacial score (nSPS) is 18.5. The van der Waals surface area contributed by atoms with Crippen molar-refractivity contribution in [3.05, 3.63) is 52.9 Å². The molecule has 104 valence electrons. The molecule has 20 heavy (non-hydrogen) atoms. The van der Waals surface area contributed by atoms with Gasteiger partial charge in [0.1, 0.15) is 12.1 Å². The molecule has 2 heterocycles. The molecule has 1 aliphatic heterocycles. The highest BCUT2D eigenvalue weighted by atomic mass is 35.5. The molecule has 0 spiro atoms. The Kier molecular flexibility index (Phi) is 3.88. The van der Waals surface area contributed by atoms with E-state index in [1.54, 1.807) is 6.33 Å². The van der Waals surface area contributed by atoms with Gasteiger partial charge in [-0.05, 0) is 43.4 Å². The Morgan fingerprint density at radius 2 is 2.05 bits per heavy atom. The summed E-state index contributed by atoms with van der Waals surface area (Å²) >= 11 is 5.92. The quantitative estimate of drug-likeness (QED) is 0.865. The van der Waals surface area contributed by atoms with Gasteiger partial charge >= 0.3 is 0 Å². The maximum absolute atomic E-state index is 5.92. The molecule has 1 aromatic heterocycles. The van der Waals surface area contributed by atoms with Gasteiger partial charge < -0.3 is 4.90 Å². The first-order chi connectivity index (χ1) is 9.70. The fraction of sp³-hybridized carbons (Fsp3) is 0.375. The highest BCUT2D eigenvalue weighted by Crippen LogP contribution is 2.25. The molecule has 1 aliphatic rings. The Morgan fingerprint density at radius 1 is 1.25 bits per heavy atom. The van der Waals surface area contributed by atoms with Crippen LogP contribution in [-0.2, 0) is 6.42 Å². The number of benzene rings is 1. The number of nitrogens with zero attached hydrogens (tertiary/aromatic N) is 3. The van der Waals surface area contributed by atoms with Crippen LogP contribution in [0.3, 0.4) is 0 Å². The Labute approximate surface area is 124 Å². The van der Waals surface area contributed by atoms with E-state index in [0.29, 0.717) is 5.92 Å². The fourth-order valence-electron chi connectivity index (χ4n) is 2.77. The van der Waals surface area contributed by atoms with E-state index in [9.17, 15) is 0 Å². The second kappa shape index (κ2) is 5.80. The van der Waals surface area contributed by atoms with E-state index in [-0.39, 0.29) is 0 Å². The summed E-state index contributed by atoms with van der Waals surface area (Å²) in [7, 11) is 0. The Hall–Kier alpha value is -1.61. The molecule has 2 aromatic rings. The molecule has 0 amide bonds. The highest BCUT2D eigenvalue weighted by Gasteiger charge is 2.23. The molecule has 0 aliphatic carbocycles. The van der Waals surface area contributed by atoms with Crippen molar-refractivity contribution in [3.8, 4) is 0 Å². The second-order valence-corrected chi connectivity index (χ2v) is 5.89. The number of hydrogen-bond donors (Lipinski definition) is 0. The van der Waals surface area contributed by atoms with Gasteiger partial charge in [0.25, 0.3) is 0 Å². The number of rotatable bonds is 3. The van der Waals surface area contributed by atoms with Crippen molar-refractivity contribution in [2.75, 3.05) is 18.0 Å². The van der Waals surface area contributed by atoms with Crippen LogP contribution in [0, 0.1) is 12.8 Å². The van der Waals surface area contributed by atoms with Gasteiger partial charge in [0.2, 0.25) is 0 Å². The molecule has 1 saturated heterocycles. The summed E-state index contributed by atoms with van der Waals surface area (Å²) in [5, 5.41) is 0.804. The zero-order valence-corrected chi connectivity index (χ0v) is 12.3. The summed E-state index contributed by atoms with van der Waals surface area (Å²) in [5.74, 6) is 1.74. The largest absolute Gasteiger partial charge is 0.356 e. The van der Waals surface area contributed by atoms with Crippen LogP contribution in [0.2, 0.25) is 5.02 Å². The molecule has 1 unspecified atom stereocenters. The lowest BCUT2D eigenvalue weighted by atomic mass is 9.99. The van der Waals surface area contributed by atoms with Crippen LogP contribution in [0.15, 0.2) is 36.7 Å². The van der Waals surface area contributed by atoms with Gasteiger partial charge in [0.05, 0.1) is 0 Å². The van der Waals surface area contributed by atoms with Crippen molar-refractivity contribution in [3.63, 3.8) is 0 Å². The molecular weight excluding hydrogens is 270 g/mol. The van der Waals surface area contributed by atoms with Crippen molar-refractivity contribution < 1.29 is 0 Å². The number of hydrogen-bond acceptors (Lipinski definition) is 3. The van der Waals surface area contributed by atoms with Crippen LogP contribution in [0.1, 0.15) is 17.7 Å². The molecule has 3 nitrogen and oxygen atoms in total. The van der Waals surface area contributed by atoms with E-state index in [4.69, 9.17) is 11.6 Å². The summed E-state index contributed by atoms with van der Waals surface area (Å²) in [4.78, 5) is 10.9. The fourth-order valence-corrected chi connectivity index (χ4v) is 2.90. The topological polar surface area (TPSA) is 29.0 Å². The molecule has 3 rings (SSSR count). The maximum atomic E-state index is 5.92. The Bertz CT molecular complexity index is 583. The number of aryl methyl sites for hydroxylation is 1. The molecule has 1 atom stereocenters. The number of aromatic nitrogens is 2. The van der Waals surface area contributed by atoms with Crippen LogP contribution >= 0.6 is 11.6 Å². The maximum Gasteiger partial charge on any atom is 0.132 e. The summed E-state index contributed by atoms with van der Waals surface area (Å²) in [6, 6.07) is 10.2. The molecule has 0 N–H and O–H groups in total. The van der Waals surface area contributed by atoms with E-state index in [0.717, 1.165) is 36.0 Å². The average Bonchev–Trinajstić information content (AvgIpc) is 2.90. The van der Waals surface area contributed by atoms with Gasteiger partial charge in [-0.2, -0.15) is 0 Å². The van der Waals surface area contributed by atoms with Crippen molar-refractivity contribution in [1.82, 2.24) is 9.97 Å². The van der Waals surface area contributed by atoms with Gasteiger partial charge in [-0.15, -0.1) is 0 Å². The van der Waals surface area contributed by atoms with Gasteiger partial charge in [0, 0.05) is 29.9 Å². The van der Waals surface area contributed by atoms with Gasteiger partial charge in [0.15, 0.2) is 0 Å². The predicted octanol–water partition coefficient (Wildman–Crippen LogP) is 3.51.